The Morgan fingerprint density at radius 3 is 0.714 bits per heavy atom. The summed E-state index contributed by atoms with van der Waals surface area (Å²) in [6.45, 7) is 16.9. The van der Waals surface area contributed by atoms with Gasteiger partial charge in [-0.15, -0.1) is 0 Å². The summed E-state index contributed by atoms with van der Waals surface area (Å²) in [5.41, 5.74) is 10.9. The molecule has 0 unspecified atom stereocenters. The second kappa shape index (κ2) is 23.8. The van der Waals surface area contributed by atoms with Crippen LogP contribution in [0.15, 0.2) is 147 Å². The molecular formula is C66H64N18. The molecule has 12 rings (SSSR count). The van der Waals surface area contributed by atoms with E-state index in [9.17, 15) is 0 Å². The molecule has 18 nitrogen and oxygen atoms in total. The summed E-state index contributed by atoms with van der Waals surface area (Å²) in [4.78, 5) is 80.0. The van der Waals surface area contributed by atoms with Gasteiger partial charge in [0.05, 0.1) is 68.3 Å². The zero-order chi connectivity index (χ0) is 57.8. The number of hydrogen-bond acceptors (Lipinski definition) is 18. The summed E-state index contributed by atoms with van der Waals surface area (Å²) in [6.07, 6.45) is 29.5. The lowest BCUT2D eigenvalue weighted by molar-refractivity contribution is 0.938. The van der Waals surface area contributed by atoms with E-state index in [4.69, 9.17) is 69.8 Å². The average Bonchev–Trinajstić information content (AvgIpc) is 1.02. The smallest absolute Gasteiger partial charge is 0.160 e. The largest absolute Gasteiger partial charge is 0.293 e. The van der Waals surface area contributed by atoms with Crippen LogP contribution < -0.4 is 19.6 Å². The van der Waals surface area contributed by atoms with Crippen molar-refractivity contribution in [2.24, 2.45) is 0 Å². The molecule has 0 aliphatic heterocycles. The molecule has 12 aromatic rings. The Bertz CT molecular complexity index is 3610. The Morgan fingerprint density at radius 1 is 0.238 bits per heavy atom. The van der Waals surface area contributed by atoms with Crippen molar-refractivity contribution in [2.75, 3.05) is 19.6 Å². The van der Waals surface area contributed by atoms with Crippen molar-refractivity contribution in [3.05, 3.63) is 193 Å². The van der Waals surface area contributed by atoms with Gasteiger partial charge < -0.3 is 0 Å². The minimum absolute atomic E-state index is 0.592. The minimum Gasteiger partial charge on any atom is -0.293 e. The second-order valence-corrected chi connectivity index (χ2v) is 20.0. The van der Waals surface area contributed by atoms with Crippen LogP contribution >= 0.6 is 0 Å². The molecule has 7 aromatic heterocycles. The van der Waals surface area contributed by atoms with E-state index < -0.39 is 0 Å². The first-order chi connectivity index (χ1) is 41.4. The highest BCUT2D eigenvalue weighted by atomic mass is 15.3. The van der Waals surface area contributed by atoms with Crippen LogP contribution in [0.3, 0.4) is 0 Å². The maximum absolute atomic E-state index is 5.25. The van der Waals surface area contributed by atoms with Gasteiger partial charge in [0, 0.05) is 119 Å². The first-order valence-electron chi connectivity index (χ1n) is 29.1. The van der Waals surface area contributed by atoms with Crippen LogP contribution in [-0.2, 0) is 51.4 Å². The molecule has 0 amide bonds. The summed E-state index contributed by atoms with van der Waals surface area (Å²) in [5.74, 6) is 4.48. The van der Waals surface area contributed by atoms with E-state index in [2.05, 4.69) is 136 Å². The molecule has 0 aliphatic carbocycles. The number of para-hydroxylation sites is 1. The Kier molecular flexibility index (Phi) is 15.4. The number of benzene rings is 5. The van der Waals surface area contributed by atoms with Crippen LogP contribution in [0.5, 0.6) is 0 Å². The fraction of sp³-hybridized carbons (Fsp3) is 0.242. The highest BCUT2D eigenvalue weighted by Gasteiger charge is 2.34. The summed E-state index contributed by atoms with van der Waals surface area (Å²) in [7, 11) is 0. The Balaban J connectivity index is 1.36. The zero-order valence-corrected chi connectivity index (χ0v) is 48.6. The summed E-state index contributed by atoms with van der Waals surface area (Å²) in [5, 5.41) is 5.56. The first-order valence-corrected chi connectivity index (χ1v) is 29.1. The normalized spacial score (nSPS) is 11.5. The summed E-state index contributed by atoms with van der Waals surface area (Å²) >= 11 is 0. The van der Waals surface area contributed by atoms with Crippen molar-refractivity contribution in [3.63, 3.8) is 0 Å². The lowest BCUT2D eigenvalue weighted by Gasteiger charge is -2.34. The topological polar surface area (TPSA) is 193 Å². The number of aromatic nitrogens is 14. The molecule has 0 spiro atoms. The van der Waals surface area contributed by atoms with Crippen molar-refractivity contribution in [1.82, 2.24) is 69.8 Å². The van der Waals surface area contributed by atoms with Gasteiger partial charge in [0.1, 0.15) is 0 Å². The van der Waals surface area contributed by atoms with Gasteiger partial charge in [-0.2, -0.15) is 0 Å². The van der Waals surface area contributed by atoms with Gasteiger partial charge in [-0.25, -0.2) is 34.9 Å². The van der Waals surface area contributed by atoms with Crippen LogP contribution in [0, 0.1) is 0 Å². The van der Waals surface area contributed by atoms with E-state index in [0.717, 1.165) is 113 Å². The highest BCUT2D eigenvalue weighted by Crippen LogP contribution is 2.55. The predicted molar refractivity (Wildman–Crippen MR) is 333 cm³/mol. The summed E-state index contributed by atoms with van der Waals surface area (Å²) < 4.78 is 0. The molecule has 0 saturated carbocycles. The second-order valence-electron chi connectivity index (χ2n) is 20.0. The lowest BCUT2D eigenvalue weighted by Crippen LogP contribution is -2.22. The molecule has 0 radical (unpaired) electrons. The average molecular weight is 1110 g/mol. The fourth-order valence-electron chi connectivity index (χ4n) is 11.6. The van der Waals surface area contributed by atoms with Gasteiger partial charge in [0.15, 0.2) is 40.7 Å². The van der Waals surface area contributed by atoms with E-state index >= 15 is 0 Å². The van der Waals surface area contributed by atoms with Gasteiger partial charge in [-0.3, -0.25) is 54.5 Å². The van der Waals surface area contributed by atoms with Crippen molar-refractivity contribution in [2.45, 2.75) is 107 Å². The van der Waals surface area contributed by atoms with E-state index in [0.29, 0.717) is 85.7 Å². The lowest BCUT2D eigenvalue weighted by atomic mass is 9.89. The number of nitrogens with zero attached hydrogens (tertiary/aromatic N) is 18. The Morgan fingerprint density at radius 2 is 0.464 bits per heavy atom. The van der Waals surface area contributed by atoms with E-state index in [1.54, 1.807) is 86.8 Å². The molecule has 7 heterocycles. The fourth-order valence-corrected chi connectivity index (χ4v) is 11.6. The third kappa shape index (κ3) is 9.42. The first kappa shape index (κ1) is 54.5. The third-order valence-electron chi connectivity index (χ3n) is 15.5. The molecule has 18 heteroatoms. The molecule has 84 heavy (non-hydrogen) atoms. The molecule has 5 aromatic carbocycles. The molecule has 0 aliphatic rings. The minimum atomic E-state index is 0.592. The number of hydrogen-bond donors (Lipinski definition) is 0. The number of anilines is 12. The van der Waals surface area contributed by atoms with Gasteiger partial charge in [-0.1, -0.05) is 97.9 Å². The molecule has 0 atom stereocenters. The van der Waals surface area contributed by atoms with Gasteiger partial charge in [0.2, 0.25) is 0 Å². The third-order valence-corrected chi connectivity index (χ3v) is 15.5. The van der Waals surface area contributed by atoms with Crippen LogP contribution in [0.2, 0.25) is 0 Å². The van der Waals surface area contributed by atoms with Crippen molar-refractivity contribution >= 4 is 101 Å². The van der Waals surface area contributed by atoms with Crippen molar-refractivity contribution < 1.29 is 0 Å². The Labute approximate surface area is 488 Å². The quantitative estimate of drug-likeness (QED) is 0.0653. The van der Waals surface area contributed by atoms with Crippen molar-refractivity contribution in [3.8, 4) is 0 Å². The highest BCUT2D eigenvalue weighted by molar-refractivity contribution is 6.33. The van der Waals surface area contributed by atoms with Crippen LogP contribution in [0.4, 0.5) is 69.2 Å². The monoisotopic (exact) mass is 1110 g/mol. The maximum atomic E-state index is 5.25. The molecule has 0 N–H and O–H groups in total. The molecule has 0 fully saturated rings. The van der Waals surface area contributed by atoms with Crippen LogP contribution in [-0.4, -0.2) is 69.8 Å². The van der Waals surface area contributed by atoms with E-state index in [-0.39, 0.29) is 0 Å². The van der Waals surface area contributed by atoms with Crippen molar-refractivity contribution in [1.29, 1.82) is 0 Å². The van der Waals surface area contributed by atoms with Gasteiger partial charge >= 0.3 is 0 Å². The molecular weight excluding hydrogens is 1040 g/mol. The van der Waals surface area contributed by atoms with Crippen LogP contribution in [0.25, 0.3) is 32.3 Å². The molecule has 0 bridgehead atoms. The maximum Gasteiger partial charge on any atom is 0.160 e. The van der Waals surface area contributed by atoms with Gasteiger partial charge in [-0.05, 0) is 75.1 Å². The van der Waals surface area contributed by atoms with Crippen LogP contribution in [0.1, 0.15) is 101 Å². The SMILES string of the molecule is CCc1ccccc1N(c1nccnc1CC)c1cc(N(c2nccnc2CC)c2nccnc2CC)c2ccc3c(N(c4nccnc4CC)c4nccnc4CC)cc(N(c4nccnc4CC)c4nccnc4CC)c4ccc1c2c43. The Hall–Kier alpha value is -10.1. The van der Waals surface area contributed by atoms with E-state index in [1.807, 2.05) is 0 Å². The van der Waals surface area contributed by atoms with Gasteiger partial charge in [0.25, 0.3) is 0 Å². The number of rotatable bonds is 20. The number of aryl methyl sites for hydroxylation is 8. The standard InChI is InChI=1S/C66H64N18/c1-9-41-19-17-18-20-53(41)81(60-46(10-2)67-25-32-74-60)54-39-55(82(61-47(11-3)68-26-33-75-61)62-48(12-4)69-27-34-76-62)43-23-24-45-57(84(65-51(15-7)72-30-37-79-65)66-52(16-8)73-31-38-80-66)40-56(44-22-21-42(54)58(43)59(44)45)83(63-49(13-5)70-28-35-77-63)64-50(14-6)71-29-36-78-64/h17-40H,9-16H2,1-8H3. The molecule has 418 valence electrons. The summed E-state index contributed by atoms with van der Waals surface area (Å²) in [6, 6.07) is 22.0. The van der Waals surface area contributed by atoms with E-state index in [1.165, 1.54) is 0 Å². The predicted octanol–water partition coefficient (Wildman–Crippen LogP) is 14.5. The molecule has 0 saturated heterocycles. The zero-order valence-electron chi connectivity index (χ0n) is 48.6.